The minimum Gasteiger partial charge on any atom is -0.463 e. The molecule has 8 heteroatoms. The molecule has 0 aromatic heterocycles. The third kappa shape index (κ3) is 6.19. The number of allylic oxidation sites excluding steroid dienone is 1. The Morgan fingerprint density at radius 1 is 1.03 bits per heavy atom. The number of hydrogen-bond acceptors (Lipinski definition) is 6. The van der Waals surface area contributed by atoms with Crippen LogP contribution in [0.15, 0.2) is 89.0 Å². The van der Waals surface area contributed by atoms with Crippen LogP contribution in [0.4, 0.5) is 5.69 Å². The second kappa shape index (κ2) is 12.7. The first-order chi connectivity index (χ1) is 18.8. The molecule has 1 atom stereocenters. The van der Waals surface area contributed by atoms with Crippen LogP contribution in [-0.4, -0.2) is 24.2 Å². The fraction of sp³-hybridized carbons (Fsp3) is 0.194. The van der Waals surface area contributed by atoms with Crippen molar-refractivity contribution in [2.24, 2.45) is 0 Å². The molecule has 4 rings (SSSR count). The number of carbonyl (C=O) groups is 2. The van der Waals surface area contributed by atoms with Crippen LogP contribution in [0.2, 0.25) is 5.02 Å². The molecular weight excluding hydrogens is 530 g/mol. The lowest BCUT2D eigenvalue weighted by atomic mass is 9.81. The van der Waals surface area contributed by atoms with E-state index in [1.165, 1.54) is 11.8 Å². The van der Waals surface area contributed by atoms with Gasteiger partial charge in [-0.2, -0.15) is 5.26 Å². The maximum atomic E-state index is 13.4. The fourth-order valence-corrected chi connectivity index (χ4v) is 5.59. The van der Waals surface area contributed by atoms with Gasteiger partial charge in [-0.1, -0.05) is 90.1 Å². The Labute approximate surface area is 237 Å². The SMILES string of the molecule is CCOC(=O)C1=C(c2ccccc2)NC(SCC(=O)Nc2c(C)cccc2C)=C(C#N)C1c1ccccc1Cl. The zero-order valence-electron chi connectivity index (χ0n) is 21.9. The van der Waals surface area contributed by atoms with E-state index >= 15 is 0 Å². The summed E-state index contributed by atoms with van der Waals surface area (Å²) < 4.78 is 5.46. The molecule has 1 heterocycles. The van der Waals surface area contributed by atoms with E-state index in [0.717, 1.165) is 22.4 Å². The van der Waals surface area contributed by atoms with Gasteiger partial charge >= 0.3 is 5.97 Å². The highest BCUT2D eigenvalue weighted by Crippen LogP contribution is 2.45. The van der Waals surface area contributed by atoms with E-state index < -0.39 is 11.9 Å². The van der Waals surface area contributed by atoms with Crippen molar-refractivity contribution in [3.63, 3.8) is 0 Å². The summed E-state index contributed by atoms with van der Waals surface area (Å²) in [5.74, 6) is -1.49. The summed E-state index contributed by atoms with van der Waals surface area (Å²) in [6, 6.07) is 24.6. The summed E-state index contributed by atoms with van der Waals surface area (Å²) in [7, 11) is 0. The van der Waals surface area contributed by atoms with Crippen molar-refractivity contribution >= 4 is 46.6 Å². The van der Waals surface area contributed by atoms with Crippen LogP contribution < -0.4 is 10.6 Å². The van der Waals surface area contributed by atoms with E-state index in [2.05, 4.69) is 16.7 Å². The number of benzene rings is 3. The van der Waals surface area contributed by atoms with Crippen molar-refractivity contribution < 1.29 is 14.3 Å². The van der Waals surface area contributed by atoms with Crippen molar-refractivity contribution in [1.82, 2.24) is 5.32 Å². The van der Waals surface area contributed by atoms with Crippen LogP contribution in [0.1, 0.15) is 35.1 Å². The molecule has 0 saturated heterocycles. The Morgan fingerprint density at radius 3 is 2.33 bits per heavy atom. The second-order valence-corrected chi connectivity index (χ2v) is 10.3. The predicted molar refractivity (Wildman–Crippen MR) is 157 cm³/mol. The molecule has 6 nitrogen and oxygen atoms in total. The number of para-hydroxylation sites is 1. The van der Waals surface area contributed by atoms with Gasteiger partial charge in [-0.25, -0.2) is 4.79 Å². The first-order valence-corrected chi connectivity index (χ1v) is 13.8. The lowest BCUT2D eigenvalue weighted by Crippen LogP contribution is -2.30. The summed E-state index contributed by atoms with van der Waals surface area (Å²) >= 11 is 7.82. The largest absolute Gasteiger partial charge is 0.463 e. The third-order valence-electron chi connectivity index (χ3n) is 6.32. The number of carbonyl (C=O) groups excluding carboxylic acids is 2. The predicted octanol–water partition coefficient (Wildman–Crippen LogP) is 6.73. The summed E-state index contributed by atoms with van der Waals surface area (Å²) in [6.07, 6.45) is 0. The van der Waals surface area contributed by atoms with Crippen molar-refractivity contribution in [2.45, 2.75) is 26.7 Å². The zero-order valence-corrected chi connectivity index (χ0v) is 23.5. The fourth-order valence-electron chi connectivity index (χ4n) is 4.50. The van der Waals surface area contributed by atoms with Gasteiger partial charge in [0.05, 0.1) is 46.2 Å². The molecule has 198 valence electrons. The molecule has 39 heavy (non-hydrogen) atoms. The van der Waals surface area contributed by atoms with Crippen LogP contribution in [0.25, 0.3) is 5.70 Å². The smallest absolute Gasteiger partial charge is 0.337 e. The van der Waals surface area contributed by atoms with Crippen molar-refractivity contribution in [3.05, 3.63) is 116 Å². The minimum absolute atomic E-state index is 0.0489. The van der Waals surface area contributed by atoms with E-state index in [0.29, 0.717) is 21.3 Å². The number of nitriles is 1. The number of nitrogens with one attached hydrogen (secondary N) is 2. The lowest BCUT2D eigenvalue weighted by Gasteiger charge is -2.31. The number of thioether (sulfide) groups is 1. The standard InChI is InChI=1S/C31H28ClN3O3S/c1-4-38-31(37)27-26(22-15-8-9-16-24(22)32)23(17-33)30(35-29(27)21-13-6-5-7-14-21)39-18-25(36)34-28-19(2)11-10-12-20(28)3/h5-16,26,35H,4,18H2,1-3H3,(H,34,36). The number of hydrogen-bond donors (Lipinski definition) is 2. The molecule has 0 aliphatic carbocycles. The van der Waals surface area contributed by atoms with Crippen molar-refractivity contribution in [1.29, 1.82) is 5.26 Å². The summed E-state index contributed by atoms with van der Waals surface area (Å²) in [6.45, 7) is 5.79. The number of nitrogens with zero attached hydrogens (tertiary/aromatic N) is 1. The van der Waals surface area contributed by atoms with Crippen molar-refractivity contribution in [3.8, 4) is 6.07 Å². The molecule has 0 saturated carbocycles. The van der Waals surface area contributed by atoms with E-state index in [4.69, 9.17) is 16.3 Å². The first kappa shape index (κ1) is 28.0. The maximum absolute atomic E-state index is 13.4. The Kier molecular flexibility index (Phi) is 9.13. The van der Waals surface area contributed by atoms with Gasteiger partial charge in [0.1, 0.15) is 0 Å². The quantitative estimate of drug-likeness (QED) is 0.299. The molecule has 2 N–H and O–H groups in total. The molecule has 0 bridgehead atoms. The Morgan fingerprint density at radius 2 is 1.69 bits per heavy atom. The molecular formula is C31H28ClN3O3S. The highest BCUT2D eigenvalue weighted by Gasteiger charge is 2.38. The summed E-state index contributed by atoms with van der Waals surface area (Å²) in [5.41, 5.74) is 5.14. The number of dihydropyridines is 1. The van der Waals surface area contributed by atoms with E-state index in [9.17, 15) is 14.9 Å². The molecule has 0 spiro atoms. The first-order valence-electron chi connectivity index (χ1n) is 12.5. The average molecular weight is 558 g/mol. The van der Waals surface area contributed by atoms with E-state index in [1.807, 2.05) is 68.4 Å². The molecule has 3 aromatic carbocycles. The number of rotatable bonds is 8. The van der Waals surface area contributed by atoms with Gasteiger partial charge in [0.15, 0.2) is 0 Å². The van der Waals surface area contributed by atoms with E-state index in [-0.39, 0.29) is 29.4 Å². The van der Waals surface area contributed by atoms with Crippen LogP contribution in [0, 0.1) is 25.2 Å². The second-order valence-electron chi connectivity index (χ2n) is 8.91. The monoisotopic (exact) mass is 557 g/mol. The number of anilines is 1. The minimum atomic E-state index is -0.789. The normalized spacial score (nSPS) is 14.9. The third-order valence-corrected chi connectivity index (χ3v) is 7.68. The maximum Gasteiger partial charge on any atom is 0.337 e. The van der Waals surface area contributed by atoms with Crippen LogP contribution in [0.5, 0.6) is 0 Å². The van der Waals surface area contributed by atoms with Gasteiger partial charge < -0.3 is 15.4 Å². The molecule has 1 amide bonds. The Hall–Kier alpha value is -3.99. The topological polar surface area (TPSA) is 91.2 Å². The highest BCUT2D eigenvalue weighted by molar-refractivity contribution is 8.03. The number of aryl methyl sites for hydroxylation is 2. The molecule has 1 aliphatic rings. The number of ether oxygens (including phenoxy) is 1. The van der Waals surface area contributed by atoms with Gasteiger partial charge in [-0.15, -0.1) is 0 Å². The molecule has 0 radical (unpaired) electrons. The van der Waals surface area contributed by atoms with Gasteiger partial charge in [-0.05, 0) is 49.1 Å². The molecule has 1 unspecified atom stereocenters. The number of amides is 1. The van der Waals surface area contributed by atoms with E-state index in [1.54, 1.807) is 25.1 Å². The van der Waals surface area contributed by atoms with Crippen molar-refractivity contribution in [2.75, 3.05) is 17.7 Å². The molecule has 1 aliphatic heterocycles. The lowest BCUT2D eigenvalue weighted by molar-refractivity contribution is -0.138. The van der Waals surface area contributed by atoms with Crippen LogP contribution in [0.3, 0.4) is 0 Å². The highest BCUT2D eigenvalue weighted by atomic mass is 35.5. The Balaban J connectivity index is 1.78. The van der Waals surface area contributed by atoms with Crippen LogP contribution in [-0.2, 0) is 14.3 Å². The summed E-state index contributed by atoms with van der Waals surface area (Å²) in [4.78, 5) is 26.4. The Bertz CT molecular complexity index is 1490. The van der Waals surface area contributed by atoms with Crippen LogP contribution >= 0.6 is 23.4 Å². The zero-order chi connectivity index (χ0) is 27.9. The van der Waals surface area contributed by atoms with Gasteiger partial charge in [0, 0.05) is 10.7 Å². The molecule has 3 aromatic rings. The van der Waals surface area contributed by atoms with Gasteiger partial charge in [0.2, 0.25) is 5.91 Å². The molecule has 0 fully saturated rings. The van der Waals surface area contributed by atoms with Gasteiger partial charge in [-0.3, -0.25) is 4.79 Å². The number of esters is 1. The van der Waals surface area contributed by atoms with Gasteiger partial charge in [0.25, 0.3) is 0 Å². The average Bonchev–Trinajstić information content (AvgIpc) is 2.94. The number of halogens is 1. The summed E-state index contributed by atoms with van der Waals surface area (Å²) in [5, 5.41) is 17.5.